The molecule has 0 amide bonds. The van der Waals surface area contributed by atoms with Crippen molar-refractivity contribution in [2.75, 3.05) is 0 Å². The number of hydrogen-bond acceptors (Lipinski definition) is 1. The molecule has 0 radical (unpaired) electrons. The Hall–Kier alpha value is -0.763. The van der Waals surface area contributed by atoms with Crippen LogP contribution in [-0.2, 0) is 0 Å². The molecule has 1 aromatic carbocycles. The van der Waals surface area contributed by atoms with Gasteiger partial charge in [0.1, 0.15) is 5.75 Å². The molecule has 0 bridgehead atoms. The molecule has 0 aliphatic heterocycles. The van der Waals surface area contributed by atoms with Crippen molar-refractivity contribution in [1.29, 1.82) is 0 Å². The van der Waals surface area contributed by atoms with E-state index in [-0.39, 0.29) is 5.04 Å². The van der Waals surface area contributed by atoms with E-state index in [1.54, 1.807) is 0 Å². The minimum absolute atomic E-state index is 0.262. The molecule has 0 aliphatic carbocycles. The molecule has 0 unspecified atom stereocenters. The molecule has 15 heavy (non-hydrogen) atoms. The molecule has 0 atom stereocenters. The molecule has 1 rings (SSSR count). The Morgan fingerprint density at radius 3 is 1.87 bits per heavy atom. The van der Waals surface area contributed by atoms with E-state index < -0.39 is 8.32 Å². The standard InChI is InChI=1S/C13H22OSi/c1-11-7-9-12(10-8-11)14-15(5,6)13(2,3)4/h7-10H,1-6H3. The van der Waals surface area contributed by atoms with E-state index in [0.717, 1.165) is 5.75 Å². The molecule has 0 spiro atoms. The van der Waals surface area contributed by atoms with Gasteiger partial charge in [-0.05, 0) is 37.2 Å². The Kier molecular flexibility index (Phi) is 3.29. The van der Waals surface area contributed by atoms with Crippen molar-refractivity contribution in [1.82, 2.24) is 0 Å². The average Bonchev–Trinajstić information content (AvgIpc) is 2.06. The van der Waals surface area contributed by atoms with Crippen LogP contribution in [0.1, 0.15) is 26.3 Å². The molecule has 1 nitrogen and oxygen atoms in total. The van der Waals surface area contributed by atoms with Gasteiger partial charge in [-0.1, -0.05) is 38.5 Å². The third-order valence-electron chi connectivity index (χ3n) is 3.20. The molecule has 0 N–H and O–H groups in total. The second-order valence-corrected chi connectivity index (χ2v) is 10.4. The van der Waals surface area contributed by atoms with E-state index in [1.165, 1.54) is 5.56 Å². The summed E-state index contributed by atoms with van der Waals surface area (Å²) in [6, 6.07) is 8.33. The minimum atomic E-state index is -1.66. The van der Waals surface area contributed by atoms with Gasteiger partial charge in [0.05, 0.1) is 0 Å². The molecule has 0 saturated heterocycles. The highest BCUT2D eigenvalue weighted by Gasteiger charge is 2.38. The maximum absolute atomic E-state index is 6.16. The predicted octanol–water partition coefficient (Wildman–Crippen LogP) is 4.38. The first-order valence-electron chi connectivity index (χ1n) is 5.48. The van der Waals surface area contributed by atoms with Gasteiger partial charge in [-0.2, -0.15) is 0 Å². The van der Waals surface area contributed by atoms with Crippen LogP contribution in [0.15, 0.2) is 24.3 Å². The topological polar surface area (TPSA) is 9.23 Å². The maximum atomic E-state index is 6.16. The Morgan fingerprint density at radius 1 is 1.00 bits per heavy atom. The summed E-state index contributed by atoms with van der Waals surface area (Å²) in [4.78, 5) is 0. The van der Waals surface area contributed by atoms with Gasteiger partial charge in [0, 0.05) is 0 Å². The van der Waals surface area contributed by atoms with Crippen LogP contribution in [0.25, 0.3) is 0 Å². The molecule has 0 fully saturated rings. The molecule has 1 aromatic rings. The van der Waals surface area contributed by atoms with Crippen LogP contribution >= 0.6 is 0 Å². The van der Waals surface area contributed by atoms with Crippen molar-refractivity contribution in [3.63, 3.8) is 0 Å². The molecule has 0 saturated carbocycles. The van der Waals surface area contributed by atoms with E-state index in [4.69, 9.17) is 4.43 Å². The van der Waals surface area contributed by atoms with Gasteiger partial charge < -0.3 is 4.43 Å². The fourth-order valence-corrected chi connectivity index (χ4v) is 2.09. The zero-order valence-corrected chi connectivity index (χ0v) is 11.7. The lowest BCUT2D eigenvalue weighted by atomic mass is 10.2. The number of rotatable bonds is 2. The molecule has 0 heterocycles. The number of hydrogen-bond donors (Lipinski definition) is 0. The lowest BCUT2D eigenvalue weighted by molar-refractivity contribution is 0.492. The van der Waals surface area contributed by atoms with Crippen molar-refractivity contribution < 1.29 is 4.43 Å². The lowest BCUT2D eigenvalue weighted by Crippen LogP contribution is -2.43. The van der Waals surface area contributed by atoms with E-state index in [2.05, 4.69) is 65.1 Å². The SMILES string of the molecule is Cc1ccc(O[Si](C)(C)C(C)(C)C)cc1. The number of benzene rings is 1. The summed E-state index contributed by atoms with van der Waals surface area (Å²) in [7, 11) is -1.66. The zero-order chi connectivity index (χ0) is 11.7. The summed E-state index contributed by atoms with van der Waals surface area (Å²) >= 11 is 0. The molecular weight excluding hydrogens is 200 g/mol. The van der Waals surface area contributed by atoms with Crippen molar-refractivity contribution in [3.05, 3.63) is 29.8 Å². The largest absolute Gasteiger partial charge is 0.544 e. The Bertz CT molecular complexity index is 319. The Morgan fingerprint density at radius 2 is 1.47 bits per heavy atom. The van der Waals surface area contributed by atoms with Crippen LogP contribution in [-0.4, -0.2) is 8.32 Å². The van der Waals surface area contributed by atoms with Gasteiger partial charge in [0.25, 0.3) is 0 Å². The molecule has 84 valence electrons. The predicted molar refractivity (Wildman–Crippen MR) is 69.0 cm³/mol. The first kappa shape index (κ1) is 12.3. The second kappa shape index (κ2) is 4.01. The lowest BCUT2D eigenvalue weighted by Gasteiger charge is -2.36. The maximum Gasteiger partial charge on any atom is 0.250 e. The third-order valence-corrected chi connectivity index (χ3v) is 7.56. The van der Waals surface area contributed by atoms with Gasteiger partial charge >= 0.3 is 0 Å². The minimum Gasteiger partial charge on any atom is -0.544 e. The highest BCUT2D eigenvalue weighted by Crippen LogP contribution is 2.37. The smallest absolute Gasteiger partial charge is 0.250 e. The fourth-order valence-electron chi connectivity index (χ4n) is 1.05. The van der Waals surface area contributed by atoms with Gasteiger partial charge in [-0.15, -0.1) is 0 Å². The second-order valence-electron chi connectivity index (χ2n) is 5.68. The summed E-state index contributed by atoms with van der Waals surface area (Å²) in [5, 5.41) is 0.262. The summed E-state index contributed by atoms with van der Waals surface area (Å²) in [6.07, 6.45) is 0. The van der Waals surface area contributed by atoms with Crippen LogP contribution < -0.4 is 4.43 Å². The highest BCUT2D eigenvalue weighted by molar-refractivity contribution is 6.74. The first-order chi connectivity index (χ1) is 6.72. The molecule has 0 aliphatic rings. The van der Waals surface area contributed by atoms with E-state index >= 15 is 0 Å². The van der Waals surface area contributed by atoms with Crippen molar-refractivity contribution in [3.8, 4) is 5.75 Å². The normalized spacial score (nSPS) is 12.7. The first-order valence-corrected chi connectivity index (χ1v) is 8.39. The van der Waals surface area contributed by atoms with Gasteiger partial charge in [0.2, 0.25) is 8.32 Å². The molecule has 0 aromatic heterocycles. The van der Waals surface area contributed by atoms with Crippen LogP contribution in [0.4, 0.5) is 0 Å². The van der Waals surface area contributed by atoms with Gasteiger partial charge in [-0.25, -0.2) is 0 Å². The molecule has 2 heteroatoms. The fraction of sp³-hybridized carbons (Fsp3) is 0.538. The molecular formula is C13H22OSi. The summed E-state index contributed by atoms with van der Waals surface area (Å²) in [6.45, 7) is 13.4. The van der Waals surface area contributed by atoms with Crippen LogP contribution in [0.5, 0.6) is 5.75 Å². The average molecular weight is 222 g/mol. The summed E-state index contributed by atoms with van der Waals surface area (Å²) in [5.74, 6) is 1.01. The van der Waals surface area contributed by atoms with Crippen molar-refractivity contribution in [2.24, 2.45) is 0 Å². The highest BCUT2D eigenvalue weighted by atomic mass is 28.4. The Labute approximate surface area is 94.6 Å². The van der Waals surface area contributed by atoms with E-state index in [1.807, 2.05) is 0 Å². The number of aryl methyl sites for hydroxylation is 1. The van der Waals surface area contributed by atoms with Crippen molar-refractivity contribution in [2.45, 2.75) is 45.8 Å². The van der Waals surface area contributed by atoms with E-state index in [0.29, 0.717) is 0 Å². The van der Waals surface area contributed by atoms with Gasteiger partial charge in [-0.3, -0.25) is 0 Å². The third kappa shape index (κ3) is 3.10. The summed E-state index contributed by atoms with van der Waals surface area (Å²) < 4.78 is 6.16. The van der Waals surface area contributed by atoms with Gasteiger partial charge in [0.15, 0.2) is 0 Å². The van der Waals surface area contributed by atoms with E-state index in [9.17, 15) is 0 Å². The summed E-state index contributed by atoms with van der Waals surface area (Å²) in [5.41, 5.74) is 1.28. The zero-order valence-electron chi connectivity index (χ0n) is 10.7. The quantitative estimate of drug-likeness (QED) is 0.675. The Balaban J connectivity index is 2.82. The van der Waals surface area contributed by atoms with Crippen LogP contribution in [0.3, 0.4) is 0 Å². The monoisotopic (exact) mass is 222 g/mol. The van der Waals surface area contributed by atoms with Crippen molar-refractivity contribution >= 4 is 8.32 Å². The van der Waals surface area contributed by atoms with Crippen LogP contribution in [0, 0.1) is 6.92 Å². The van der Waals surface area contributed by atoms with Crippen LogP contribution in [0.2, 0.25) is 18.1 Å².